The minimum Gasteiger partial charge on any atom is -0.309 e. The molecule has 0 aliphatic carbocycles. The summed E-state index contributed by atoms with van der Waals surface area (Å²) < 4.78 is 13.2. The minimum atomic E-state index is -0.196. The van der Waals surface area contributed by atoms with Crippen molar-refractivity contribution in [2.75, 3.05) is 7.05 Å². The van der Waals surface area contributed by atoms with E-state index in [-0.39, 0.29) is 11.9 Å². The van der Waals surface area contributed by atoms with Crippen LogP contribution in [0.15, 0.2) is 30.3 Å². The van der Waals surface area contributed by atoms with Crippen molar-refractivity contribution in [1.29, 1.82) is 0 Å². The molecule has 100 valence electrons. The average molecular weight is 258 g/mol. The van der Waals surface area contributed by atoms with Crippen LogP contribution in [0.25, 0.3) is 0 Å². The van der Waals surface area contributed by atoms with E-state index >= 15 is 0 Å². The Hall–Kier alpha value is -1.74. The van der Waals surface area contributed by atoms with Gasteiger partial charge in [0.1, 0.15) is 5.82 Å². The highest BCUT2D eigenvalue weighted by molar-refractivity contribution is 5.38. The van der Waals surface area contributed by atoms with Crippen molar-refractivity contribution < 1.29 is 4.39 Å². The SMILES string of the molecule is CNC(c1cc(C)nc(C)c1)c1ccc(F)cc1C. The van der Waals surface area contributed by atoms with E-state index in [0.29, 0.717) is 0 Å². The van der Waals surface area contributed by atoms with E-state index < -0.39 is 0 Å². The summed E-state index contributed by atoms with van der Waals surface area (Å²) in [5.74, 6) is -0.196. The van der Waals surface area contributed by atoms with Crippen molar-refractivity contribution in [3.05, 3.63) is 64.2 Å². The maximum absolute atomic E-state index is 13.2. The van der Waals surface area contributed by atoms with Crippen molar-refractivity contribution in [3.63, 3.8) is 0 Å². The summed E-state index contributed by atoms with van der Waals surface area (Å²) in [6.45, 7) is 5.91. The molecule has 1 heterocycles. The van der Waals surface area contributed by atoms with Crippen LogP contribution < -0.4 is 5.32 Å². The molecule has 1 aromatic carbocycles. The number of hydrogen-bond donors (Lipinski definition) is 1. The van der Waals surface area contributed by atoms with Crippen LogP contribution in [0.1, 0.15) is 34.1 Å². The summed E-state index contributed by atoms with van der Waals surface area (Å²) in [5.41, 5.74) is 5.19. The van der Waals surface area contributed by atoms with Gasteiger partial charge in [0.2, 0.25) is 0 Å². The van der Waals surface area contributed by atoms with Crippen LogP contribution in [0.3, 0.4) is 0 Å². The smallest absolute Gasteiger partial charge is 0.123 e. The molecule has 1 unspecified atom stereocenters. The number of halogens is 1. The van der Waals surface area contributed by atoms with Crippen molar-refractivity contribution in [1.82, 2.24) is 10.3 Å². The molecule has 2 aromatic rings. The topological polar surface area (TPSA) is 24.9 Å². The second kappa shape index (κ2) is 5.49. The largest absolute Gasteiger partial charge is 0.309 e. The molecule has 2 nitrogen and oxygen atoms in total. The van der Waals surface area contributed by atoms with E-state index in [0.717, 1.165) is 28.1 Å². The van der Waals surface area contributed by atoms with E-state index in [2.05, 4.69) is 22.4 Å². The predicted octanol–water partition coefficient (Wildman–Crippen LogP) is 3.45. The molecule has 0 amide bonds. The van der Waals surface area contributed by atoms with E-state index in [1.54, 1.807) is 6.07 Å². The van der Waals surface area contributed by atoms with Crippen molar-refractivity contribution in [2.45, 2.75) is 26.8 Å². The highest BCUT2D eigenvalue weighted by Gasteiger charge is 2.15. The van der Waals surface area contributed by atoms with Gasteiger partial charge >= 0.3 is 0 Å². The molecule has 0 aliphatic heterocycles. The molecule has 0 fully saturated rings. The first-order valence-corrected chi connectivity index (χ1v) is 6.39. The highest BCUT2D eigenvalue weighted by Crippen LogP contribution is 2.26. The molecule has 1 N–H and O–H groups in total. The van der Waals surface area contributed by atoms with Gasteiger partial charge in [-0.3, -0.25) is 4.98 Å². The van der Waals surface area contributed by atoms with E-state index in [9.17, 15) is 4.39 Å². The first-order chi connectivity index (χ1) is 9.01. The average Bonchev–Trinajstić information content (AvgIpc) is 2.31. The summed E-state index contributed by atoms with van der Waals surface area (Å²) >= 11 is 0. The van der Waals surface area contributed by atoms with Crippen LogP contribution in [0, 0.1) is 26.6 Å². The van der Waals surface area contributed by atoms with E-state index in [4.69, 9.17) is 0 Å². The van der Waals surface area contributed by atoms with Crippen LogP contribution in [-0.4, -0.2) is 12.0 Å². The van der Waals surface area contributed by atoms with Crippen LogP contribution in [0.4, 0.5) is 4.39 Å². The van der Waals surface area contributed by atoms with Gasteiger partial charge in [0, 0.05) is 11.4 Å². The molecular weight excluding hydrogens is 239 g/mol. The van der Waals surface area contributed by atoms with Gasteiger partial charge in [0.05, 0.1) is 6.04 Å². The standard InChI is InChI=1S/C16H19FN2/c1-10-7-14(17)5-6-15(10)16(18-4)13-8-11(2)19-12(3)9-13/h5-9,16,18H,1-4H3. The number of aromatic nitrogens is 1. The lowest BCUT2D eigenvalue weighted by Gasteiger charge is -2.20. The maximum atomic E-state index is 13.2. The second-order valence-corrected chi connectivity index (χ2v) is 4.91. The minimum absolute atomic E-state index is 0.0565. The Bertz CT molecular complexity index is 573. The Morgan fingerprint density at radius 1 is 1.05 bits per heavy atom. The quantitative estimate of drug-likeness (QED) is 0.912. The van der Waals surface area contributed by atoms with Gasteiger partial charge in [-0.2, -0.15) is 0 Å². The van der Waals surface area contributed by atoms with Gasteiger partial charge in [-0.05, 0) is 68.8 Å². The molecule has 0 saturated carbocycles. The number of hydrogen-bond acceptors (Lipinski definition) is 2. The Labute approximate surface area is 113 Å². The molecule has 19 heavy (non-hydrogen) atoms. The molecule has 1 atom stereocenters. The van der Waals surface area contributed by atoms with Crippen molar-refractivity contribution >= 4 is 0 Å². The third kappa shape index (κ3) is 2.99. The lowest BCUT2D eigenvalue weighted by atomic mass is 9.94. The highest BCUT2D eigenvalue weighted by atomic mass is 19.1. The van der Waals surface area contributed by atoms with Crippen LogP contribution in [0.2, 0.25) is 0 Å². The number of aryl methyl sites for hydroxylation is 3. The molecule has 3 heteroatoms. The molecule has 0 saturated heterocycles. The Balaban J connectivity index is 2.49. The second-order valence-electron chi connectivity index (χ2n) is 4.91. The van der Waals surface area contributed by atoms with Crippen LogP contribution in [0.5, 0.6) is 0 Å². The number of nitrogens with one attached hydrogen (secondary N) is 1. The number of nitrogens with zero attached hydrogens (tertiary/aromatic N) is 1. The summed E-state index contributed by atoms with van der Waals surface area (Å²) in [4.78, 5) is 4.39. The van der Waals surface area contributed by atoms with Crippen LogP contribution in [-0.2, 0) is 0 Å². The van der Waals surface area contributed by atoms with Crippen LogP contribution >= 0.6 is 0 Å². The molecule has 0 spiro atoms. The van der Waals surface area contributed by atoms with Gasteiger partial charge in [-0.15, -0.1) is 0 Å². The summed E-state index contributed by atoms with van der Waals surface area (Å²) in [6, 6.07) is 9.11. The zero-order valence-electron chi connectivity index (χ0n) is 11.8. The Morgan fingerprint density at radius 2 is 1.68 bits per heavy atom. The molecule has 0 aliphatic rings. The number of pyridine rings is 1. The monoisotopic (exact) mass is 258 g/mol. The lowest BCUT2D eigenvalue weighted by Crippen LogP contribution is -2.19. The maximum Gasteiger partial charge on any atom is 0.123 e. The predicted molar refractivity (Wildman–Crippen MR) is 75.8 cm³/mol. The fraction of sp³-hybridized carbons (Fsp3) is 0.312. The van der Waals surface area contributed by atoms with Gasteiger partial charge in [-0.25, -0.2) is 4.39 Å². The molecule has 0 bridgehead atoms. The van der Waals surface area contributed by atoms with Crippen molar-refractivity contribution in [2.24, 2.45) is 0 Å². The van der Waals surface area contributed by atoms with Gasteiger partial charge in [0.15, 0.2) is 0 Å². The molecule has 1 aromatic heterocycles. The molecule has 2 rings (SSSR count). The first-order valence-electron chi connectivity index (χ1n) is 6.39. The summed E-state index contributed by atoms with van der Waals surface area (Å²) in [5, 5.41) is 3.30. The number of benzene rings is 1. The molecule has 0 radical (unpaired) electrons. The first kappa shape index (κ1) is 13.7. The van der Waals surface area contributed by atoms with E-state index in [1.165, 1.54) is 6.07 Å². The Kier molecular flexibility index (Phi) is 3.96. The zero-order chi connectivity index (χ0) is 14.0. The summed E-state index contributed by atoms with van der Waals surface area (Å²) in [6.07, 6.45) is 0. The Morgan fingerprint density at radius 3 is 2.21 bits per heavy atom. The third-order valence-electron chi connectivity index (χ3n) is 3.27. The van der Waals surface area contributed by atoms with Crippen molar-refractivity contribution in [3.8, 4) is 0 Å². The third-order valence-corrected chi connectivity index (χ3v) is 3.27. The normalized spacial score (nSPS) is 12.5. The zero-order valence-corrected chi connectivity index (χ0v) is 11.8. The van der Waals surface area contributed by atoms with Gasteiger partial charge in [-0.1, -0.05) is 6.07 Å². The fourth-order valence-electron chi connectivity index (χ4n) is 2.50. The van der Waals surface area contributed by atoms with Gasteiger partial charge < -0.3 is 5.32 Å². The summed E-state index contributed by atoms with van der Waals surface area (Å²) in [7, 11) is 1.92. The lowest BCUT2D eigenvalue weighted by molar-refractivity contribution is 0.621. The molecular formula is C16H19FN2. The van der Waals surface area contributed by atoms with Gasteiger partial charge in [0.25, 0.3) is 0 Å². The fourth-order valence-corrected chi connectivity index (χ4v) is 2.50. The van der Waals surface area contributed by atoms with E-state index in [1.807, 2.05) is 33.9 Å². The number of rotatable bonds is 3.